The van der Waals surface area contributed by atoms with Crippen LogP contribution in [-0.4, -0.2) is 50.9 Å². The van der Waals surface area contributed by atoms with E-state index in [2.05, 4.69) is 15.5 Å². The van der Waals surface area contributed by atoms with Gasteiger partial charge in [0.25, 0.3) is 0 Å². The van der Waals surface area contributed by atoms with E-state index >= 15 is 0 Å². The third kappa shape index (κ3) is 5.48. The van der Waals surface area contributed by atoms with Crippen molar-refractivity contribution in [3.8, 4) is 5.75 Å². The van der Waals surface area contributed by atoms with Crippen LogP contribution in [0.15, 0.2) is 40.8 Å². The molecule has 2 heterocycles. The van der Waals surface area contributed by atoms with Gasteiger partial charge in [0.2, 0.25) is 0 Å². The van der Waals surface area contributed by atoms with Gasteiger partial charge in [-0.1, -0.05) is 12.1 Å². The first-order valence-electron chi connectivity index (χ1n) is 9.18. The highest BCUT2D eigenvalue weighted by Gasteiger charge is 2.25. The van der Waals surface area contributed by atoms with Gasteiger partial charge in [0.1, 0.15) is 17.3 Å². The van der Waals surface area contributed by atoms with E-state index in [0.717, 1.165) is 35.9 Å². The van der Waals surface area contributed by atoms with Crippen LogP contribution in [0.4, 0.5) is 4.79 Å². The number of amides is 2. The van der Waals surface area contributed by atoms with Crippen molar-refractivity contribution < 1.29 is 18.7 Å². The Morgan fingerprint density at radius 3 is 2.74 bits per heavy atom. The van der Waals surface area contributed by atoms with Gasteiger partial charge in [-0.3, -0.25) is 4.90 Å². The first-order valence-corrected chi connectivity index (χ1v) is 9.18. The molecule has 0 saturated carbocycles. The summed E-state index contributed by atoms with van der Waals surface area (Å²) in [4.78, 5) is 14.5. The van der Waals surface area contributed by atoms with E-state index in [1.54, 1.807) is 7.11 Å². The van der Waals surface area contributed by atoms with E-state index in [9.17, 15) is 4.79 Å². The average molecular weight is 373 g/mol. The van der Waals surface area contributed by atoms with Crippen LogP contribution >= 0.6 is 0 Å². The van der Waals surface area contributed by atoms with Crippen molar-refractivity contribution in [2.24, 2.45) is 0 Å². The fourth-order valence-electron chi connectivity index (χ4n) is 3.15. The Bertz CT molecular complexity index is 740. The number of rotatable bonds is 7. The van der Waals surface area contributed by atoms with E-state index in [1.807, 2.05) is 43.3 Å². The summed E-state index contributed by atoms with van der Waals surface area (Å²) < 4.78 is 16.5. The Balaban J connectivity index is 1.55. The molecule has 1 aliphatic rings. The van der Waals surface area contributed by atoms with Gasteiger partial charge in [-0.05, 0) is 36.8 Å². The molecule has 3 rings (SSSR count). The second-order valence-corrected chi connectivity index (χ2v) is 6.53. The van der Waals surface area contributed by atoms with E-state index in [4.69, 9.17) is 13.9 Å². The minimum absolute atomic E-state index is 0.00910. The van der Waals surface area contributed by atoms with Gasteiger partial charge in [-0.2, -0.15) is 0 Å². The lowest BCUT2D eigenvalue weighted by molar-refractivity contribution is 0.0121. The summed E-state index contributed by atoms with van der Waals surface area (Å²) >= 11 is 0. The molecule has 7 heteroatoms. The molecule has 2 N–H and O–H groups in total. The van der Waals surface area contributed by atoms with Crippen LogP contribution in [0, 0.1) is 6.92 Å². The minimum atomic E-state index is -0.209. The van der Waals surface area contributed by atoms with Crippen LogP contribution in [0.1, 0.15) is 23.1 Å². The number of carbonyl (C=O) groups excluding carboxylic acids is 1. The summed E-state index contributed by atoms with van der Waals surface area (Å²) in [5, 5.41) is 5.85. The van der Waals surface area contributed by atoms with E-state index in [0.29, 0.717) is 26.3 Å². The van der Waals surface area contributed by atoms with Crippen molar-refractivity contribution in [1.82, 2.24) is 15.5 Å². The topological polar surface area (TPSA) is 76.0 Å². The fraction of sp³-hybridized carbons (Fsp3) is 0.450. The number of nitrogens with one attached hydrogen (secondary N) is 2. The zero-order valence-corrected chi connectivity index (χ0v) is 15.9. The number of hydrogen-bond donors (Lipinski definition) is 2. The van der Waals surface area contributed by atoms with Crippen molar-refractivity contribution in [3.05, 3.63) is 53.5 Å². The van der Waals surface area contributed by atoms with Gasteiger partial charge in [-0.15, -0.1) is 0 Å². The van der Waals surface area contributed by atoms with Crippen LogP contribution in [0.3, 0.4) is 0 Å². The molecular formula is C20H27N3O4. The van der Waals surface area contributed by atoms with Gasteiger partial charge in [0, 0.05) is 26.2 Å². The Labute approximate surface area is 159 Å². The summed E-state index contributed by atoms with van der Waals surface area (Å²) in [6.45, 7) is 5.85. The molecule has 1 saturated heterocycles. The molecule has 1 aromatic heterocycles. The molecule has 0 spiro atoms. The van der Waals surface area contributed by atoms with E-state index < -0.39 is 0 Å². The smallest absolute Gasteiger partial charge is 0.315 e. The third-order valence-electron chi connectivity index (χ3n) is 4.62. The lowest BCUT2D eigenvalue weighted by Gasteiger charge is -2.33. The van der Waals surface area contributed by atoms with E-state index in [1.165, 1.54) is 0 Å². The molecule has 1 unspecified atom stereocenters. The Morgan fingerprint density at radius 1 is 1.22 bits per heavy atom. The molecule has 27 heavy (non-hydrogen) atoms. The maximum Gasteiger partial charge on any atom is 0.315 e. The first kappa shape index (κ1) is 19.3. The number of morpholine rings is 1. The quantitative estimate of drug-likeness (QED) is 0.780. The fourth-order valence-corrected chi connectivity index (χ4v) is 3.15. The number of furan rings is 1. The minimum Gasteiger partial charge on any atom is -0.497 e. The number of nitrogens with zero attached hydrogens (tertiary/aromatic N) is 1. The number of hydrogen-bond acceptors (Lipinski definition) is 5. The van der Waals surface area contributed by atoms with Gasteiger partial charge in [0.15, 0.2) is 0 Å². The number of aryl methyl sites for hydroxylation is 1. The van der Waals surface area contributed by atoms with Crippen LogP contribution in [0.25, 0.3) is 0 Å². The molecule has 2 amide bonds. The average Bonchev–Trinajstić information content (AvgIpc) is 3.13. The SMILES string of the molecule is COc1cccc(CNC(=O)NCC(c2ccc(C)o2)N2CCOCC2)c1. The molecule has 0 aliphatic carbocycles. The van der Waals surface area contributed by atoms with Crippen LogP contribution in [0.5, 0.6) is 5.75 Å². The number of carbonyl (C=O) groups is 1. The first-order chi connectivity index (χ1) is 13.2. The molecule has 0 bridgehead atoms. The van der Waals surface area contributed by atoms with Crippen LogP contribution in [-0.2, 0) is 11.3 Å². The van der Waals surface area contributed by atoms with Gasteiger partial charge < -0.3 is 24.5 Å². The Kier molecular flexibility index (Phi) is 6.73. The highest BCUT2D eigenvalue weighted by atomic mass is 16.5. The second kappa shape index (κ2) is 9.43. The molecule has 146 valence electrons. The molecule has 1 atom stereocenters. The van der Waals surface area contributed by atoms with Crippen molar-refractivity contribution in [2.75, 3.05) is 40.0 Å². The number of ether oxygens (including phenoxy) is 2. The second-order valence-electron chi connectivity index (χ2n) is 6.53. The van der Waals surface area contributed by atoms with Crippen LogP contribution in [0.2, 0.25) is 0 Å². The lowest BCUT2D eigenvalue weighted by Crippen LogP contribution is -2.45. The number of methoxy groups -OCH3 is 1. The monoisotopic (exact) mass is 373 g/mol. The van der Waals surface area contributed by atoms with Crippen molar-refractivity contribution in [1.29, 1.82) is 0 Å². The molecule has 1 fully saturated rings. The molecule has 1 aliphatic heterocycles. The summed E-state index contributed by atoms with van der Waals surface area (Å²) in [6.07, 6.45) is 0. The molecular weight excluding hydrogens is 346 g/mol. The normalized spacial score (nSPS) is 15.9. The van der Waals surface area contributed by atoms with Crippen LogP contribution < -0.4 is 15.4 Å². The largest absolute Gasteiger partial charge is 0.497 e. The summed E-state index contributed by atoms with van der Waals surface area (Å²) in [5.74, 6) is 2.50. The highest BCUT2D eigenvalue weighted by Crippen LogP contribution is 2.23. The van der Waals surface area contributed by atoms with Crippen molar-refractivity contribution >= 4 is 6.03 Å². The number of urea groups is 1. The highest BCUT2D eigenvalue weighted by molar-refractivity contribution is 5.73. The lowest BCUT2D eigenvalue weighted by atomic mass is 10.1. The Hall–Kier alpha value is -2.51. The third-order valence-corrected chi connectivity index (χ3v) is 4.62. The predicted octanol–water partition coefficient (Wildman–Crippen LogP) is 2.47. The summed E-state index contributed by atoms with van der Waals surface area (Å²) in [5.41, 5.74) is 0.982. The maximum atomic E-state index is 12.3. The van der Waals surface area contributed by atoms with Gasteiger partial charge in [-0.25, -0.2) is 4.79 Å². The van der Waals surface area contributed by atoms with E-state index in [-0.39, 0.29) is 12.1 Å². The maximum absolute atomic E-state index is 12.3. The zero-order valence-electron chi connectivity index (χ0n) is 15.9. The zero-order chi connectivity index (χ0) is 19.1. The Morgan fingerprint density at radius 2 is 2.04 bits per heavy atom. The molecule has 0 radical (unpaired) electrons. The standard InChI is InChI=1S/C20H27N3O4/c1-15-6-7-19(27-15)18(23-8-10-26-11-9-23)14-22-20(24)21-13-16-4-3-5-17(12-16)25-2/h3-7,12,18H,8-11,13-14H2,1-2H3,(H2,21,22,24). The van der Waals surface area contributed by atoms with Crippen molar-refractivity contribution in [3.63, 3.8) is 0 Å². The molecule has 7 nitrogen and oxygen atoms in total. The summed E-state index contributed by atoms with van der Waals surface area (Å²) in [6, 6.07) is 11.3. The predicted molar refractivity (Wildman–Crippen MR) is 102 cm³/mol. The van der Waals surface area contributed by atoms with Gasteiger partial charge in [0.05, 0.1) is 26.4 Å². The molecule has 2 aromatic rings. The summed E-state index contributed by atoms with van der Waals surface area (Å²) in [7, 11) is 1.63. The van der Waals surface area contributed by atoms with Crippen molar-refractivity contribution in [2.45, 2.75) is 19.5 Å². The number of benzene rings is 1. The van der Waals surface area contributed by atoms with Gasteiger partial charge >= 0.3 is 6.03 Å². The molecule has 1 aromatic carbocycles.